The number of nitrogens with zero attached hydrogens (tertiary/aromatic N) is 1. The van der Waals surface area contributed by atoms with E-state index in [0.717, 1.165) is 10.6 Å². The molecule has 5 heteroatoms. The zero-order valence-electron chi connectivity index (χ0n) is 11.2. The number of aromatic amines is 1. The molecule has 0 radical (unpaired) electrons. The van der Waals surface area contributed by atoms with Crippen LogP contribution in [0.3, 0.4) is 0 Å². The van der Waals surface area contributed by atoms with Crippen LogP contribution < -0.4 is 5.32 Å². The molecule has 1 aromatic heterocycles. The quantitative estimate of drug-likeness (QED) is 0.839. The lowest BCUT2D eigenvalue weighted by molar-refractivity contribution is 0.102. The summed E-state index contributed by atoms with van der Waals surface area (Å²) < 4.78 is 0. The number of nitrogens with one attached hydrogen (secondary N) is 2. The van der Waals surface area contributed by atoms with Gasteiger partial charge >= 0.3 is 0 Å². The number of H-pyrrole nitrogens is 1. The predicted molar refractivity (Wildman–Crippen MR) is 78.9 cm³/mol. The zero-order chi connectivity index (χ0) is 13.8. The Morgan fingerprint density at radius 2 is 2.00 bits per heavy atom. The predicted octanol–water partition coefficient (Wildman–Crippen LogP) is 3.51. The fourth-order valence-corrected chi connectivity index (χ4v) is 2.04. The first-order valence-electron chi connectivity index (χ1n) is 6.11. The molecule has 0 fully saturated rings. The second kappa shape index (κ2) is 5.93. The van der Waals surface area contributed by atoms with Crippen molar-refractivity contribution in [1.29, 1.82) is 0 Å². The molecule has 1 amide bonds. The molecule has 0 aliphatic carbocycles. The lowest BCUT2D eigenvalue weighted by Gasteiger charge is -2.02. The van der Waals surface area contributed by atoms with Gasteiger partial charge < -0.3 is 5.32 Å². The first-order chi connectivity index (χ1) is 9.10. The molecule has 0 aliphatic heterocycles. The Labute approximate surface area is 117 Å². The van der Waals surface area contributed by atoms with Gasteiger partial charge in [0.05, 0.1) is 0 Å². The van der Waals surface area contributed by atoms with Crippen LogP contribution in [0.15, 0.2) is 35.2 Å². The molecule has 2 rings (SSSR count). The van der Waals surface area contributed by atoms with Crippen molar-refractivity contribution in [2.45, 2.75) is 24.7 Å². The number of amides is 1. The Balaban J connectivity index is 2.06. The van der Waals surface area contributed by atoms with Gasteiger partial charge in [0.15, 0.2) is 5.82 Å². The van der Waals surface area contributed by atoms with E-state index >= 15 is 0 Å². The molecule has 0 aliphatic rings. The highest BCUT2D eigenvalue weighted by molar-refractivity contribution is 7.98. The third-order valence-electron chi connectivity index (χ3n) is 2.81. The highest BCUT2D eigenvalue weighted by atomic mass is 32.2. The molecule has 0 unspecified atom stereocenters. The molecular weight excluding hydrogens is 258 g/mol. The average Bonchev–Trinajstić information content (AvgIpc) is 2.87. The molecule has 0 atom stereocenters. The number of thioether (sulfide) groups is 1. The second-order valence-corrected chi connectivity index (χ2v) is 5.43. The molecule has 1 aromatic carbocycles. The summed E-state index contributed by atoms with van der Waals surface area (Å²) in [5.74, 6) is 0.774. The summed E-state index contributed by atoms with van der Waals surface area (Å²) in [5, 5.41) is 9.77. The fourth-order valence-electron chi connectivity index (χ4n) is 1.63. The number of benzene rings is 1. The second-order valence-electron chi connectivity index (χ2n) is 4.55. The smallest absolute Gasteiger partial charge is 0.256 e. The average molecular weight is 275 g/mol. The van der Waals surface area contributed by atoms with E-state index in [4.69, 9.17) is 0 Å². The van der Waals surface area contributed by atoms with Gasteiger partial charge in [0.2, 0.25) is 0 Å². The first-order valence-corrected chi connectivity index (χ1v) is 7.33. The summed E-state index contributed by atoms with van der Waals surface area (Å²) in [7, 11) is 0. The van der Waals surface area contributed by atoms with Gasteiger partial charge in [-0.2, -0.15) is 5.10 Å². The number of aromatic nitrogens is 2. The Bertz CT molecular complexity index is 560. The van der Waals surface area contributed by atoms with Crippen LogP contribution in [0.4, 0.5) is 5.82 Å². The van der Waals surface area contributed by atoms with E-state index < -0.39 is 0 Å². The maximum Gasteiger partial charge on any atom is 0.256 e. The monoisotopic (exact) mass is 275 g/mol. The summed E-state index contributed by atoms with van der Waals surface area (Å²) >= 11 is 1.65. The van der Waals surface area contributed by atoms with Gasteiger partial charge in [-0.3, -0.25) is 9.89 Å². The van der Waals surface area contributed by atoms with Crippen LogP contribution in [-0.2, 0) is 0 Å². The number of anilines is 1. The van der Waals surface area contributed by atoms with Gasteiger partial charge in [-0.05, 0) is 36.4 Å². The van der Waals surface area contributed by atoms with Gasteiger partial charge in [-0.25, -0.2) is 0 Å². The fraction of sp³-hybridized carbons (Fsp3) is 0.286. The van der Waals surface area contributed by atoms with Gasteiger partial charge in [0, 0.05) is 22.2 Å². The van der Waals surface area contributed by atoms with Crippen molar-refractivity contribution < 1.29 is 4.79 Å². The van der Waals surface area contributed by atoms with E-state index in [9.17, 15) is 4.79 Å². The van der Waals surface area contributed by atoms with Crippen molar-refractivity contribution in [3.63, 3.8) is 0 Å². The van der Waals surface area contributed by atoms with Crippen LogP contribution >= 0.6 is 11.8 Å². The Morgan fingerprint density at radius 3 is 2.53 bits per heavy atom. The van der Waals surface area contributed by atoms with Gasteiger partial charge in [0.1, 0.15) is 0 Å². The lowest BCUT2D eigenvalue weighted by atomic mass is 10.1. The Hall–Kier alpha value is -1.75. The maximum absolute atomic E-state index is 12.0. The topological polar surface area (TPSA) is 57.8 Å². The van der Waals surface area contributed by atoms with Crippen LogP contribution in [0.5, 0.6) is 0 Å². The molecule has 19 heavy (non-hydrogen) atoms. The van der Waals surface area contributed by atoms with E-state index in [-0.39, 0.29) is 5.91 Å². The van der Waals surface area contributed by atoms with Crippen molar-refractivity contribution in [2.75, 3.05) is 11.6 Å². The molecular formula is C14H17N3OS. The van der Waals surface area contributed by atoms with Gasteiger partial charge in [-0.15, -0.1) is 11.8 Å². The lowest BCUT2D eigenvalue weighted by Crippen LogP contribution is -2.11. The van der Waals surface area contributed by atoms with E-state index in [2.05, 4.69) is 29.4 Å². The number of rotatable bonds is 4. The Kier molecular flexibility index (Phi) is 4.27. The molecule has 2 aromatic rings. The van der Waals surface area contributed by atoms with Crippen molar-refractivity contribution >= 4 is 23.5 Å². The molecule has 0 saturated carbocycles. The number of carbonyl (C=O) groups excluding carboxylic acids is 1. The summed E-state index contributed by atoms with van der Waals surface area (Å²) in [6.07, 6.45) is 2.01. The third-order valence-corrected chi connectivity index (χ3v) is 3.56. The van der Waals surface area contributed by atoms with Crippen molar-refractivity contribution in [2.24, 2.45) is 0 Å². The molecule has 4 nitrogen and oxygen atoms in total. The SMILES string of the molecule is CSc1ccc(C(=O)Nc2cc(C(C)C)[nH]n2)cc1. The molecule has 2 N–H and O–H groups in total. The van der Waals surface area contributed by atoms with Crippen molar-refractivity contribution in [1.82, 2.24) is 10.2 Å². The number of hydrogen-bond acceptors (Lipinski definition) is 3. The van der Waals surface area contributed by atoms with Crippen LogP contribution in [-0.4, -0.2) is 22.4 Å². The van der Waals surface area contributed by atoms with E-state index in [1.54, 1.807) is 11.8 Å². The number of hydrogen-bond donors (Lipinski definition) is 2. The molecule has 100 valence electrons. The Morgan fingerprint density at radius 1 is 1.32 bits per heavy atom. The van der Waals surface area contributed by atoms with E-state index in [1.165, 1.54) is 0 Å². The van der Waals surface area contributed by atoms with Crippen molar-refractivity contribution in [3.05, 3.63) is 41.6 Å². The zero-order valence-corrected chi connectivity index (χ0v) is 12.0. The molecule has 0 bridgehead atoms. The normalized spacial score (nSPS) is 10.7. The third kappa shape index (κ3) is 3.38. The van der Waals surface area contributed by atoms with E-state index in [1.807, 2.05) is 36.6 Å². The van der Waals surface area contributed by atoms with Gasteiger partial charge in [-0.1, -0.05) is 13.8 Å². The van der Waals surface area contributed by atoms with Crippen LogP contribution in [0.1, 0.15) is 35.8 Å². The van der Waals surface area contributed by atoms with Gasteiger partial charge in [0.25, 0.3) is 5.91 Å². The summed E-state index contributed by atoms with van der Waals surface area (Å²) in [6, 6.07) is 9.36. The highest BCUT2D eigenvalue weighted by Crippen LogP contribution is 2.17. The highest BCUT2D eigenvalue weighted by Gasteiger charge is 2.09. The minimum Gasteiger partial charge on any atom is -0.305 e. The minimum atomic E-state index is -0.144. The van der Waals surface area contributed by atoms with Crippen LogP contribution in [0.2, 0.25) is 0 Å². The van der Waals surface area contributed by atoms with Crippen LogP contribution in [0.25, 0.3) is 0 Å². The standard InChI is InChI=1S/C14H17N3OS/c1-9(2)12-8-13(17-16-12)15-14(18)10-4-6-11(19-3)7-5-10/h4-9H,1-3H3,(H2,15,16,17,18). The maximum atomic E-state index is 12.0. The first kappa shape index (κ1) is 13.7. The van der Waals surface area contributed by atoms with Crippen LogP contribution in [0, 0.1) is 0 Å². The summed E-state index contributed by atoms with van der Waals surface area (Å²) in [5.41, 5.74) is 1.64. The minimum absolute atomic E-state index is 0.144. The summed E-state index contributed by atoms with van der Waals surface area (Å²) in [6.45, 7) is 4.14. The molecule has 0 saturated heterocycles. The number of carbonyl (C=O) groups is 1. The molecule has 0 spiro atoms. The molecule has 1 heterocycles. The van der Waals surface area contributed by atoms with Crippen molar-refractivity contribution in [3.8, 4) is 0 Å². The largest absolute Gasteiger partial charge is 0.305 e. The summed E-state index contributed by atoms with van der Waals surface area (Å²) in [4.78, 5) is 13.2. The van der Waals surface area contributed by atoms with E-state index in [0.29, 0.717) is 17.3 Å².